The fraction of sp³-hybridized carbons (Fsp3) is 0.800. The van der Waals surface area contributed by atoms with Gasteiger partial charge in [0.2, 0.25) is 0 Å². The quantitative estimate of drug-likeness (QED) is 0.337. The highest BCUT2D eigenvalue weighted by molar-refractivity contribution is 5.40. The summed E-state index contributed by atoms with van der Waals surface area (Å²) in [4.78, 5) is 0. The van der Waals surface area contributed by atoms with Crippen LogP contribution in [-0.4, -0.2) is 57.5 Å². The molecule has 0 amide bonds. The number of aliphatic hydroxyl groups is 1. The van der Waals surface area contributed by atoms with Crippen LogP contribution < -0.4 is 4.74 Å². The lowest BCUT2D eigenvalue weighted by Crippen LogP contribution is -2.43. The average molecular weight is 489 g/mol. The molecule has 1 aromatic carbocycles. The minimum Gasteiger partial charge on any atom is -0.491 e. The number of rotatable bonds is 14. The Bertz CT molecular complexity index is 782. The van der Waals surface area contributed by atoms with Crippen molar-refractivity contribution in [3.05, 3.63) is 29.3 Å². The summed E-state index contributed by atoms with van der Waals surface area (Å²) in [5.74, 6) is 3.76. The Hall–Kier alpha value is -1.14. The van der Waals surface area contributed by atoms with Crippen LogP contribution in [-0.2, 0) is 20.6 Å². The number of aliphatic hydroxyl groups excluding tert-OH is 1. The van der Waals surface area contributed by atoms with Crippen molar-refractivity contribution in [2.75, 3.05) is 46.2 Å². The second-order valence-corrected chi connectivity index (χ2v) is 11.4. The normalized spacial score (nSPS) is 30.4. The van der Waals surface area contributed by atoms with Crippen LogP contribution in [0, 0.1) is 23.2 Å². The lowest BCUT2D eigenvalue weighted by Gasteiger charge is -2.50. The first-order chi connectivity index (χ1) is 17.0. The van der Waals surface area contributed by atoms with Gasteiger partial charge in [-0.1, -0.05) is 33.3 Å². The average Bonchev–Trinajstić information content (AvgIpc) is 3.18. The smallest absolute Gasteiger partial charge is 0.119 e. The maximum atomic E-state index is 10.6. The lowest BCUT2D eigenvalue weighted by molar-refractivity contribution is -0.0226. The number of fused-ring (bicyclic) bond motifs is 5. The van der Waals surface area contributed by atoms with E-state index in [4.69, 9.17) is 18.9 Å². The first-order valence-corrected chi connectivity index (χ1v) is 14.2. The summed E-state index contributed by atoms with van der Waals surface area (Å²) in [5, 5.41) is 10.6. The van der Waals surface area contributed by atoms with E-state index in [1.54, 1.807) is 0 Å². The standard InChI is InChI=1S/C30H48O5/c1-4-22(2)12-14-32-15-16-33-17-18-34-19-20-35-24-6-8-25-23(21-24)5-7-27-26(25)11-13-30(3)28(27)9-10-29(30)31/h6,8,21-22,26-29,31H,4-5,7,9-20H2,1-3H3/t22?,26-,27?,28+,29?,30?/m1/s1. The third-order valence-corrected chi connectivity index (χ3v) is 9.34. The summed E-state index contributed by atoms with van der Waals surface area (Å²) < 4.78 is 22.8. The van der Waals surface area contributed by atoms with E-state index in [-0.39, 0.29) is 11.5 Å². The molecule has 4 unspecified atom stereocenters. The Balaban J connectivity index is 1.10. The van der Waals surface area contributed by atoms with Gasteiger partial charge in [-0.3, -0.25) is 0 Å². The van der Waals surface area contributed by atoms with Gasteiger partial charge < -0.3 is 24.1 Å². The predicted molar refractivity (Wildman–Crippen MR) is 139 cm³/mol. The fourth-order valence-electron chi connectivity index (χ4n) is 6.87. The third-order valence-electron chi connectivity index (χ3n) is 9.34. The monoisotopic (exact) mass is 488 g/mol. The third kappa shape index (κ3) is 6.60. The summed E-state index contributed by atoms with van der Waals surface area (Å²) in [6, 6.07) is 6.71. The molecular weight excluding hydrogens is 440 g/mol. The van der Waals surface area contributed by atoms with E-state index < -0.39 is 0 Å². The van der Waals surface area contributed by atoms with Crippen molar-refractivity contribution in [1.29, 1.82) is 0 Å². The summed E-state index contributed by atoms with van der Waals surface area (Å²) >= 11 is 0. The van der Waals surface area contributed by atoms with Gasteiger partial charge in [-0.15, -0.1) is 0 Å². The first-order valence-electron chi connectivity index (χ1n) is 14.2. The molecular formula is C30H48O5. The number of benzene rings is 1. The van der Waals surface area contributed by atoms with Gasteiger partial charge in [0.15, 0.2) is 0 Å². The Morgan fingerprint density at radius 1 is 0.943 bits per heavy atom. The molecule has 0 aliphatic heterocycles. The van der Waals surface area contributed by atoms with Gasteiger partial charge in [-0.05, 0) is 97.3 Å². The number of hydrogen-bond donors (Lipinski definition) is 1. The van der Waals surface area contributed by atoms with Gasteiger partial charge in [0.25, 0.3) is 0 Å². The molecule has 0 heterocycles. The van der Waals surface area contributed by atoms with E-state index in [0.29, 0.717) is 51.5 Å². The molecule has 6 atom stereocenters. The maximum absolute atomic E-state index is 10.6. The topological polar surface area (TPSA) is 57.2 Å². The zero-order valence-electron chi connectivity index (χ0n) is 22.3. The number of hydrogen-bond acceptors (Lipinski definition) is 5. The van der Waals surface area contributed by atoms with Gasteiger partial charge in [0.1, 0.15) is 12.4 Å². The van der Waals surface area contributed by atoms with Gasteiger partial charge in [0, 0.05) is 6.61 Å². The van der Waals surface area contributed by atoms with Crippen LogP contribution in [0.25, 0.3) is 0 Å². The van der Waals surface area contributed by atoms with Crippen LogP contribution in [0.2, 0.25) is 0 Å². The summed E-state index contributed by atoms with van der Waals surface area (Å²) in [7, 11) is 0. The van der Waals surface area contributed by atoms with Crippen molar-refractivity contribution >= 4 is 0 Å². The summed E-state index contributed by atoms with van der Waals surface area (Å²) in [6.45, 7) is 11.2. The molecule has 198 valence electrons. The molecule has 5 nitrogen and oxygen atoms in total. The van der Waals surface area contributed by atoms with Crippen molar-refractivity contribution in [2.24, 2.45) is 23.2 Å². The Morgan fingerprint density at radius 2 is 1.66 bits per heavy atom. The molecule has 1 N–H and O–H groups in total. The van der Waals surface area contributed by atoms with E-state index in [2.05, 4.69) is 39.0 Å². The largest absolute Gasteiger partial charge is 0.491 e. The minimum atomic E-state index is -0.0993. The second-order valence-electron chi connectivity index (χ2n) is 11.4. The molecule has 2 fully saturated rings. The van der Waals surface area contributed by atoms with Crippen LogP contribution in [0.3, 0.4) is 0 Å². The van der Waals surface area contributed by atoms with Crippen LogP contribution in [0.15, 0.2) is 18.2 Å². The summed E-state index contributed by atoms with van der Waals surface area (Å²) in [6.07, 6.45) is 9.17. The molecule has 0 aromatic heterocycles. The summed E-state index contributed by atoms with van der Waals surface area (Å²) in [5.41, 5.74) is 3.15. The molecule has 4 rings (SSSR count). The van der Waals surface area contributed by atoms with Crippen LogP contribution in [0.4, 0.5) is 0 Å². The second kappa shape index (κ2) is 12.9. The van der Waals surface area contributed by atoms with E-state index >= 15 is 0 Å². The van der Waals surface area contributed by atoms with Crippen molar-refractivity contribution in [3.63, 3.8) is 0 Å². The number of ether oxygens (including phenoxy) is 4. The highest BCUT2D eigenvalue weighted by Crippen LogP contribution is 2.60. The minimum absolute atomic E-state index is 0.0993. The molecule has 2 saturated carbocycles. The van der Waals surface area contributed by atoms with E-state index in [9.17, 15) is 5.11 Å². The molecule has 0 bridgehead atoms. The van der Waals surface area contributed by atoms with Crippen molar-refractivity contribution in [2.45, 2.75) is 84.2 Å². The molecule has 3 aliphatic rings. The number of aryl methyl sites for hydroxylation is 1. The molecule has 0 saturated heterocycles. The molecule has 0 spiro atoms. The predicted octanol–water partition coefficient (Wildman–Crippen LogP) is 5.77. The molecule has 5 heteroatoms. The van der Waals surface area contributed by atoms with Crippen LogP contribution >= 0.6 is 0 Å². The Labute approximate surface area is 212 Å². The van der Waals surface area contributed by atoms with Crippen molar-refractivity contribution < 1.29 is 24.1 Å². The van der Waals surface area contributed by atoms with Gasteiger partial charge in [-0.2, -0.15) is 0 Å². The van der Waals surface area contributed by atoms with E-state index in [1.165, 1.54) is 36.8 Å². The van der Waals surface area contributed by atoms with Crippen molar-refractivity contribution in [3.8, 4) is 5.75 Å². The van der Waals surface area contributed by atoms with Crippen LogP contribution in [0.1, 0.15) is 82.8 Å². The first kappa shape index (κ1) is 26.9. The lowest BCUT2D eigenvalue weighted by atomic mass is 9.55. The SMILES string of the molecule is CCC(C)CCOCCOCCOCCOc1ccc2c(c1)CCC1[C@@H]2CCC2(C)C(O)CC[C@@H]12. The highest BCUT2D eigenvalue weighted by Gasteiger charge is 2.54. The zero-order valence-corrected chi connectivity index (χ0v) is 22.3. The maximum Gasteiger partial charge on any atom is 0.119 e. The van der Waals surface area contributed by atoms with Crippen LogP contribution in [0.5, 0.6) is 5.75 Å². The fourth-order valence-corrected chi connectivity index (χ4v) is 6.87. The molecule has 35 heavy (non-hydrogen) atoms. The molecule has 3 aliphatic carbocycles. The molecule has 1 aromatic rings. The van der Waals surface area contributed by atoms with Gasteiger partial charge in [0.05, 0.1) is 39.1 Å². The zero-order chi connectivity index (χ0) is 24.7. The Kier molecular flexibility index (Phi) is 9.91. The van der Waals surface area contributed by atoms with Gasteiger partial charge >= 0.3 is 0 Å². The van der Waals surface area contributed by atoms with E-state index in [1.807, 2.05) is 0 Å². The van der Waals surface area contributed by atoms with Crippen molar-refractivity contribution in [1.82, 2.24) is 0 Å². The Morgan fingerprint density at radius 3 is 2.40 bits per heavy atom. The van der Waals surface area contributed by atoms with E-state index in [0.717, 1.165) is 49.9 Å². The highest BCUT2D eigenvalue weighted by atomic mass is 16.6. The van der Waals surface area contributed by atoms with Gasteiger partial charge in [-0.25, -0.2) is 0 Å². The molecule has 0 radical (unpaired) electrons.